The van der Waals surface area contributed by atoms with Gasteiger partial charge in [0.1, 0.15) is 29.4 Å². The Hall–Kier alpha value is -3.47. The SMILES string of the molecule is CCCCCCCCCCCCCCCCCCOc1ccc(OCCCOc2ccccc2)cc1C(=O)OCc1ccccc1. The molecule has 3 aromatic rings. The van der Waals surface area contributed by atoms with Gasteiger partial charge in [0.05, 0.1) is 19.8 Å². The summed E-state index contributed by atoms with van der Waals surface area (Å²) in [5.41, 5.74) is 1.34. The third kappa shape index (κ3) is 16.7. The van der Waals surface area contributed by atoms with Crippen molar-refractivity contribution >= 4 is 5.97 Å². The lowest BCUT2D eigenvalue weighted by Gasteiger charge is -2.14. The van der Waals surface area contributed by atoms with Gasteiger partial charge in [-0.15, -0.1) is 0 Å². The van der Waals surface area contributed by atoms with Gasteiger partial charge < -0.3 is 18.9 Å². The van der Waals surface area contributed by atoms with Crippen LogP contribution in [-0.4, -0.2) is 25.8 Å². The first-order chi connectivity index (χ1) is 22.8. The van der Waals surface area contributed by atoms with Crippen LogP contribution in [0.3, 0.4) is 0 Å². The number of unbranched alkanes of at least 4 members (excludes halogenated alkanes) is 15. The molecular weight excluding hydrogens is 572 g/mol. The van der Waals surface area contributed by atoms with Crippen molar-refractivity contribution in [1.82, 2.24) is 0 Å². The molecule has 0 aliphatic heterocycles. The highest BCUT2D eigenvalue weighted by molar-refractivity contribution is 5.93. The molecule has 0 saturated heterocycles. The summed E-state index contributed by atoms with van der Waals surface area (Å²) in [6, 6.07) is 24.9. The van der Waals surface area contributed by atoms with Gasteiger partial charge in [0.25, 0.3) is 0 Å². The largest absolute Gasteiger partial charge is 0.493 e. The summed E-state index contributed by atoms with van der Waals surface area (Å²) in [6.07, 6.45) is 22.1. The Morgan fingerprint density at radius 3 is 1.59 bits per heavy atom. The maximum Gasteiger partial charge on any atom is 0.342 e. The van der Waals surface area contributed by atoms with Gasteiger partial charge in [-0.05, 0) is 42.3 Å². The number of hydrogen-bond acceptors (Lipinski definition) is 5. The second-order valence-electron chi connectivity index (χ2n) is 12.2. The summed E-state index contributed by atoms with van der Waals surface area (Å²) >= 11 is 0. The van der Waals surface area contributed by atoms with Gasteiger partial charge in [-0.1, -0.05) is 152 Å². The molecule has 0 aromatic heterocycles. The molecule has 0 aliphatic carbocycles. The minimum Gasteiger partial charge on any atom is -0.493 e. The van der Waals surface area contributed by atoms with Crippen LogP contribution in [0, 0.1) is 0 Å². The normalized spacial score (nSPS) is 10.9. The topological polar surface area (TPSA) is 54.0 Å². The fraction of sp³-hybridized carbons (Fsp3) is 0.537. The fourth-order valence-corrected chi connectivity index (χ4v) is 5.47. The molecule has 5 heteroatoms. The van der Waals surface area contributed by atoms with E-state index in [1.54, 1.807) is 6.07 Å². The molecule has 0 spiro atoms. The monoisotopic (exact) mass is 630 g/mol. The molecular formula is C41H58O5. The maximum atomic E-state index is 13.1. The molecule has 0 radical (unpaired) electrons. The standard InChI is InChI=1S/C41H58O5/c1-2-3-4-5-6-7-8-9-10-11-12-13-14-15-16-23-31-45-40-30-29-38(44-33-24-32-43-37-27-21-18-22-28-37)34-39(40)41(42)46-35-36-25-19-17-20-26-36/h17-22,25-30,34H,2-16,23-24,31-33,35H2,1H3. The lowest BCUT2D eigenvalue weighted by atomic mass is 10.0. The number of carbonyl (C=O) groups is 1. The summed E-state index contributed by atoms with van der Waals surface area (Å²) in [5, 5.41) is 0. The van der Waals surface area contributed by atoms with Gasteiger partial charge in [-0.3, -0.25) is 0 Å². The molecule has 252 valence electrons. The van der Waals surface area contributed by atoms with E-state index in [4.69, 9.17) is 18.9 Å². The van der Waals surface area contributed by atoms with E-state index in [-0.39, 0.29) is 6.61 Å². The summed E-state index contributed by atoms with van der Waals surface area (Å²) in [7, 11) is 0. The molecule has 0 N–H and O–H groups in total. The van der Waals surface area contributed by atoms with E-state index in [2.05, 4.69) is 6.92 Å². The Kier molecular flexibility index (Phi) is 19.9. The van der Waals surface area contributed by atoms with Gasteiger partial charge in [-0.2, -0.15) is 0 Å². The van der Waals surface area contributed by atoms with Crippen molar-refractivity contribution in [3.05, 3.63) is 90.0 Å². The highest BCUT2D eigenvalue weighted by atomic mass is 16.5. The third-order valence-corrected chi connectivity index (χ3v) is 8.21. The van der Waals surface area contributed by atoms with Crippen LogP contribution in [0.5, 0.6) is 17.2 Å². The van der Waals surface area contributed by atoms with E-state index < -0.39 is 5.97 Å². The number of hydrogen-bond donors (Lipinski definition) is 0. The highest BCUT2D eigenvalue weighted by Crippen LogP contribution is 2.26. The number of rotatable bonds is 27. The molecule has 0 unspecified atom stereocenters. The van der Waals surface area contributed by atoms with E-state index in [0.29, 0.717) is 36.9 Å². The second-order valence-corrected chi connectivity index (χ2v) is 12.2. The number of esters is 1. The average Bonchev–Trinajstić information content (AvgIpc) is 3.09. The predicted octanol–water partition coefficient (Wildman–Crippen LogP) is 11.5. The number of para-hydroxylation sites is 1. The zero-order chi connectivity index (χ0) is 32.3. The minimum absolute atomic E-state index is 0.208. The molecule has 0 heterocycles. The second kappa shape index (κ2) is 24.7. The van der Waals surface area contributed by atoms with E-state index in [0.717, 1.165) is 30.6 Å². The molecule has 0 atom stereocenters. The quantitative estimate of drug-likeness (QED) is 0.0619. The van der Waals surface area contributed by atoms with E-state index in [9.17, 15) is 4.79 Å². The smallest absolute Gasteiger partial charge is 0.342 e. The van der Waals surface area contributed by atoms with Crippen molar-refractivity contribution in [3.63, 3.8) is 0 Å². The molecule has 5 nitrogen and oxygen atoms in total. The van der Waals surface area contributed by atoms with E-state index in [1.165, 1.54) is 89.9 Å². The van der Waals surface area contributed by atoms with Crippen LogP contribution >= 0.6 is 0 Å². The van der Waals surface area contributed by atoms with Crippen LogP contribution in [-0.2, 0) is 11.3 Å². The number of carbonyl (C=O) groups excluding carboxylic acids is 1. The Morgan fingerprint density at radius 2 is 1.00 bits per heavy atom. The average molecular weight is 631 g/mol. The van der Waals surface area contributed by atoms with Gasteiger partial charge in [0, 0.05) is 6.42 Å². The van der Waals surface area contributed by atoms with Crippen LogP contribution in [0.25, 0.3) is 0 Å². The summed E-state index contributed by atoms with van der Waals surface area (Å²) in [4.78, 5) is 13.1. The Balaban J connectivity index is 1.32. The molecule has 46 heavy (non-hydrogen) atoms. The zero-order valence-electron chi connectivity index (χ0n) is 28.4. The number of benzene rings is 3. The molecule has 0 amide bonds. The van der Waals surface area contributed by atoms with Crippen molar-refractivity contribution in [2.24, 2.45) is 0 Å². The van der Waals surface area contributed by atoms with Crippen molar-refractivity contribution in [3.8, 4) is 17.2 Å². The first-order valence-electron chi connectivity index (χ1n) is 18.0. The third-order valence-electron chi connectivity index (χ3n) is 8.21. The Morgan fingerprint density at radius 1 is 0.500 bits per heavy atom. The highest BCUT2D eigenvalue weighted by Gasteiger charge is 2.16. The first-order valence-corrected chi connectivity index (χ1v) is 18.0. The van der Waals surface area contributed by atoms with Crippen molar-refractivity contribution < 1.29 is 23.7 Å². The van der Waals surface area contributed by atoms with Crippen LogP contribution in [0.2, 0.25) is 0 Å². The molecule has 0 saturated carbocycles. The van der Waals surface area contributed by atoms with Gasteiger partial charge >= 0.3 is 5.97 Å². The van der Waals surface area contributed by atoms with Crippen LogP contribution in [0.4, 0.5) is 0 Å². The molecule has 3 aromatic carbocycles. The first kappa shape index (κ1) is 37.0. The van der Waals surface area contributed by atoms with Gasteiger partial charge in [0.2, 0.25) is 0 Å². The zero-order valence-corrected chi connectivity index (χ0v) is 28.4. The van der Waals surface area contributed by atoms with Gasteiger partial charge in [-0.25, -0.2) is 4.79 Å². The molecule has 3 rings (SSSR count). The van der Waals surface area contributed by atoms with Crippen molar-refractivity contribution in [2.75, 3.05) is 19.8 Å². The fourth-order valence-electron chi connectivity index (χ4n) is 5.47. The minimum atomic E-state index is -0.413. The maximum absolute atomic E-state index is 13.1. The van der Waals surface area contributed by atoms with Crippen LogP contribution in [0.1, 0.15) is 132 Å². The lowest BCUT2D eigenvalue weighted by Crippen LogP contribution is -2.10. The Bertz CT molecular complexity index is 1160. The molecule has 0 aliphatic rings. The summed E-state index contributed by atoms with van der Waals surface area (Å²) in [6.45, 7) is 4.10. The van der Waals surface area contributed by atoms with E-state index >= 15 is 0 Å². The predicted molar refractivity (Wildman–Crippen MR) is 189 cm³/mol. The summed E-state index contributed by atoms with van der Waals surface area (Å²) < 4.78 is 23.4. The number of ether oxygens (including phenoxy) is 4. The van der Waals surface area contributed by atoms with Crippen molar-refractivity contribution in [2.45, 2.75) is 123 Å². The van der Waals surface area contributed by atoms with Crippen LogP contribution < -0.4 is 14.2 Å². The lowest BCUT2D eigenvalue weighted by molar-refractivity contribution is 0.0467. The van der Waals surface area contributed by atoms with Gasteiger partial charge in [0.15, 0.2) is 0 Å². The Labute approximate surface area is 279 Å². The molecule has 0 bridgehead atoms. The summed E-state index contributed by atoms with van der Waals surface area (Å²) in [5.74, 6) is 1.58. The molecule has 0 fully saturated rings. The van der Waals surface area contributed by atoms with Crippen LogP contribution in [0.15, 0.2) is 78.9 Å². The van der Waals surface area contributed by atoms with E-state index in [1.807, 2.05) is 72.8 Å². The van der Waals surface area contributed by atoms with Crippen molar-refractivity contribution in [1.29, 1.82) is 0 Å².